The summed E-state index contributed by atoms with van der Waals surface area (Å²) in [5.74, 6) is -0.887. The van der Waals surface area contributed by atoms with Crippen LogP contribution < -0.4 is 0 Å². The molecule has 1 aromatic rings. The average molecular weight is 190 g/mol. The fourth-order valence-corrected chi connectivity index (χ4v) is 1.31. The molecule has 0 saturated carbocycles. The van der Waals surface area contributed by atoms with Gasteiger partial charge in [-0.1, -0.05) is 36.8 Å². The number of aliphatic carboxylic acids is 1. The summed E-state index contributed by atoms with van der Waals surface area (Å²) in [6.45, 7) is 3.96. The van der Waals surface area contributed by atoms with Crippen LogP contribution in [0.5, 0.6) is 0 Å². The van der Waals surface area contributed by atoms with Gasteiger partial charge in [-0.25, -0.2) is 4.79 Å². The third-order valence-electron chi connectivity index (χ3n) is 2.10. The van der Waals surface area contributed by atoms with E-state index in [1.807, 2.05) is 38.1 Å². The molecule has 0 aromatic heterocycles. The third-order valence-corrected chi connectivity index (χ3v) is 2.10. The summed E-state index contributed by atoms with van der Waals surface area (Å²) in [5.41, 5.74) is 3.03. The number of carboxylic acids is 1. The molecule has 14 heavy (non-hydrogen) atoms. The first kappa shape index (κ1) is 10.5. The van der Waals surface area contributed by atoms with Gasteiger partial charge in [0.15, 0.2) is 0 Å². The lowest BCUT2D eigenvalue weighted by Gasteiger charge is -2.03. The third kappa shape index (κ3) is 2.73. The van der Waals surface area contributed by atoms with Gasteiger partial charge >= 0.3 is 5.97 Å². The van der Waals surface area contributed by atoms with Crippen molar-refractivity contribution in [1.82, 2.24) is 0 Å². The first-order valence-electron chi connectivity index (χ1n) is 4.64. The molecule has 0 radical (unpaired) electrons. The summed E-state index contributed by atoms with van der Waals surface area (Å²) >= 11 is 0. The molecule has 1 aromatic carbocycles. The van der Waals surface area contributed by atoms with E-state index in [1.165, 1.54) is 11.6 Å². The van der Waals surface area contributed by atoms with Crippen molar-refractivity contribution in [3.63, 3.8) is 0 Å². The zero-order valence-corrected chi connectivity index (χ0v) is 8.45. The van der Waals surface area contributed by atoms with E-state index in [4.69, 9.17) is 5.11 Å². The molecular formula is C12H14O2. The number of hydrogen-bond acceptors (Lipinski definition) is 1. The summed E-state index contributed by atoms with van der Waals surface area (Å²) in [6.07, 6.45) is 2.00. The van der Waals surface area contributed by atoms with Crippen molar-refractivity contribution in [1.29, 1.82) is 0 Å². The normalized spacial score (nSPS) is 11.4. The molecular weight excluding hydrogens is 176 g/mol. The molecule has 74 valence electrons. The Hall–Kier alpha value is -1.57. The molecule has 0 aliphatic carbocycles. The number of carbonyl (C=O) groups is 1. The Morgan fingerprint density at radius 3 is 2.36 bits per heavy atom. The maximum absolute atomic E-state index is 10.5. The highest BCUT2D eigenvalue weighted by atomic mass is 16.4. The second-order valence-electron chi connectivity index (χ2n) is 3.23. The van der Waals surface area contributed by atoms with Crippen molar-refractivity contribution in [2.24, 2.45) is 0 Å². The van der Waals surface area contributed by atoms with Crippen LogP contribution in [0.1, 0.15) is 24.5 Å². The van der Waals surface area contributed by atoms with Crippen molar-refractivity contribution < 1.29 is 9.90 Å². The van der Waals surface area contributed by atoms with Gasteiger partial charge in [0.1, 0.15) is 0 Å². The van der Waals surface area contributed by atoms with Crippen LogP contribution in [-0.2, 0) is 4.79 Å². The van der Waals surface area contributed by atoms with Crippen LogP contribution in [0.3, 0.4) is 0 Å². The fourth-order valence-electron chi connectivity index (χ4n) is 1.31. The molecule has 0 fully saturated rings. The monoisotopic (exact) mass is 190 g/mol. The molecule has 0 spiro atoms. The Balaban J connectivity index is 3.01. The molecule has 0 bridgehead atoms. The topological polar surface area (TPSA) is 37.3 Å². The number of carboxylic acid groups (broad SMARTS) is 1. The molecule has 0 amide bonds. The molecule has 0 saturated heterocycles. The van der Waals surface area contributed by atoms with Crippen molar-refractivity contribution in [3.05, 3.63) is 41.5 Å². The minimum atomic E-state index is -0.887. The number of hydrogen-bond donors (Lipinski definition) is 1. The van der Waals surface area contributed by atoms with E-state index in [0.717, 1.165) is 17.6 Å². The zero-order chi connectivity index (χ0) is 10.6. The van der Waals surface area contributed by atoms with Gasteiger partial charge < -0.3 is 5.11 Å². The van der Waals surface area contributed by atoms with Gasteiger partial charge in [0, 0.05) is 6.08 Å². The summed E-state index contributed by atoms with van der Waals surface area (Å²) in [5, 5.41) is 8.65. The van der Waals surface area contributed by atoms with Gasteiger partial charge in [-0.15, -0.1) is 0 Å². The fraction of sp³-hybridized carbons (Fsp3) is 0.250. The minimum Gasteiger partial charge on any atom is -0.478 e. The number of rotatable bonds is 3. The average Bonchev–Trinajstić information content (AvgIpc) is 2.15. The number of allylic oxidation sites excluding steroid dienone is 1. The van der Waals surface area contributed by atoms with Crippen LogP contribution in [0.25, 0.3) is 5.57 Å². The van der Waals surface area contributed by atoms with Gasteiger partial charge in [-0.05, 0) is 24.5 Å². The van der Waals surface area contributed by atoms with Crippen LogP contribution in [-0.4, -0.2) is 11.1 Å². The van der Waals surface area contributed by atoms with E-state index in [9.17, 15) is 4.79 Å². The van der Waals surface area contributed by atoms with Gasteiger partial charge in [0.2, 0.25) is 0 Å². The van der Waals surface area contributed by atoms with Gasteiger partial charge in [-0.3, -0.25) is 0 Å². The summed E-state index contributed by atoms with van der Waals surface area (Å²) in [6, 6.07) is 7.88. The van der Waals surface area contributed by atoms with Crippen molar-refractivity contribution in [3.8, 4) is 0 Å². The van der Waals surface area contributed by atoms with E-state index in [2.05, 4.69) is 0 Å². The Morgan fingerprint density at radius 2 is 1.93 bits per heavy atom. The van der Waals surface area contributed by atoms with Gasteiger partial charge in [-0.2, -0.15) is 0 Å². The SMILES string of the molecule is CC/C(=C\C(=O)O)c1ccc(C)cc1. The van der Waals surface area contributed by atoms with Crippen LogP contribution >= 0.6 is 0 Å². The van der Waals surface area contributed by atoms with Gasteiger partial charge in [0.25, 0.3) is 0 Å². The largest absolute Gasteiger partial charge is 0.478 e. The molecule has 0 heterocycles. The van der Waals surface area contributed by atoms with Crippen molar-refractivity contribution in [2.45, 2.75) is 20.3 Å². The summed E-state index contributed by atoms with van der Waals surface area (Å²) < 4.78 is 0. The smallest absolute Gasteiger partial charge is 0.328 e. The number of benzene rings is 1. The van der Waals surface area contributed by atoms with E-state index >= 15 is 0 Å². The van der Waals surface area contributed by atoms with Crippen LogP contribution in [0.4, 0.5) is 0 Å². The van der Waals surface area contributed by atoms with Gasteiger partial charge in [0.05, 0.1) is 0 Å². The Morgan fingerprint density at radius 1 is 1.36 bits per heavy atom. The minimum absolute atomic E-state index is 0.732. The maximum Gasteiger partial charge on any atom is 0.328 e. The predicted octanol–water partition coefficient (Wildman–Crippen LogP) is 2.87. The van der Waals surface area contributed by atoms with Crippen LogP contribution in [0, 0.1) is 6.92 Å². The second-order valence-corrected chi connectivity index (χ2v) is 3.23. The van der Waals surface area contributed by atoms with E-state index in [-0.39, 0.29) is 0 Å². The lowest BCUT2D eigenvalue weighted by atomic mass is 10.0. The highest BCUT2D eigenvalue weighted by Crippen LogP contribution is 2.18. The van der Waals surface area contributed by atoms with E-state index in [1.54, 1.807) is 0 Å². The molecule has 2 heteroatoms. The zero-order valence-electron chi connectivity index (χ0n) is 8.45. The lowest BCUT2D eigenvalue weighted by Crippen LogP contribution is -1.91. The quantitative estimate of drug-likeness (QED) is 0.744. The van der Waals surface area contributed by atoms with Crippen LogP contribution in [0.15, 0.2) is 30.3 Å². The van der Waals surface area contributed by atoms with Crippen molar-refractivity contribution >= 4 is 11.5 Å². The molecule has 0 aliphatic rings. The first-order chi connectivity index (χ1) is 6.63. The number of aryl methyl sites for hydroxylation is 1. The van der Waals surface area contributed by atoms with E-state index in [0.29, 0.717) is 0 Å². The standard InChI is InChI=1S/C12H14O2/c1-3-10(8-12(13)14)11-6-4-9(2)5-7-11/h4-8H,3H2,1-2H3,(H,13,14)/b10-8+. The molecule has 0 atom stereocenters. The summed E-state index contributed by atoms with van der Waals surface area (Å²) in [7, 11) is 0. The molecule has 2 nitrogen and oxygen atoms in total. The Bertz CT molecular complexity index is 347. The maximum atomic E-state index is 10.5. The highest BCUT2D eigenvalue weighted by molar-refractivity contribution is 5.89. The van der Waals surface area contributed by atoms with E-state index < -0.39 is 5.97 Å². The second kappa shape index (κ2) is 4.61. The highest BCUT2D eigenvalue weighted by Gasteiger charge is 2.00. The Labute approximate surface area is 83.9 Å². The lowest BCUT2D eigenvalue weighted by molar-refractivity contribution is -0.131. The molecule has 1 rings (SSSR count). The molecule has 0 aliphatic heterocycles. The first-order valence-corrected chi connectivity index (χ1v) is 4.64. The summed E-state index contributed by atoms with van der Waals surface area (Å²) in [4.78, 5) is 10.5. The molecule has 1 N–H and O–H groups in total. The Kier molecular flexibility index (Phi) is 3.46. The predicted molar refractivity (Wildman–Crippen MR) is 57.1 cm³/mol. The molecule has 0 unspecified atom stereocenters. The van der Waals surface area contributed by atoms with Crippen LogP contribution in [0.2, 0.25) is 0 Å². The van der Waals surface area contributed by atoms with Crippen molar-refractivity contribution in [2.75, 3.05) is 0 Å².